The van der Waals surface area contributed by atoms with E-state index in [0.717, 1.165) is 19.6 Å². The maximum atomic E-state index is 11.3. The van der Waals surface area contributed by atoms with Crippen molar-refractivity contribution >= 4 is 9.84 Å². The van der Waals surface area contributed by atoms with Gasteiger partial charge in [-0.3, -0.25) is 4.90 Å². The van der Waals surface area contributed by atoms with Gasteiger partial charge in [0.15, 0.2) is 9.84 Å². The van der Waals surface area contributed by atoms with Crippen LogP contribution in [0.5, 0.6) is 0 Å². The molecule has 0 radical (unpaired) electrons. The minimum atomic E-state index is -2.72. The first kappa shape index (κ1) is 12.3. The average molecular weight is 246 g/mol. The lowest BCUT2D eigenvalue weighted by Gasteiger charge is -2.39. The minimum Gasteiger partial charge on any atom is -0.303 e. The molecule has 0 amide bonds. The molecule has 0 aliphatic carbocycles. The summed E-state index contributed by atoms with van der Waals surface area (Å²) in [7, 11) is -2.72. The smallest absolute Gasteiger partial charge is 0.152 e. The van der Waals surface area contributed by atoms with Gasteiger partial charge in [0, 0.05) is 19.1 Å². The van der Waals surface area contributed by atoms with E-state index in [1.165, 1.54) is 25.9 Å². The van der Waals surface area contributed by atoms with E-state index in [9.17, 15) is 8.42 Å². The molecule has 2 heterocycles. The molecule has 16 heavy (non-hydrogen) atoms. The molecule has 4 nitrogen and oxygen atoms in total. The molecule has 0 aromatic rings. The van der Waals surface area contributed by atoms with E-state index in [1.807, 2.05) is 0 Å². The van der Waals surface area contributed by atoms with Crippen LogP contribution in [0, 0.1) is 0 Å². The Balaban J connectivity index is 1.82. The Hall–Kier alpha value is -0.130. The Morgan fingerprint density at radius 2 is 1.62 bits per heavy atom. The molecular formula is C11H22N2O2S. The van der Waals surface area contributed by atoms with E-state index >= 15 is 0 Å². The van der Waals surface area contributed by atoms with Crippen molar-refractivity contribution in [1.82, 2.24) is 9.80 Å². The first-order chi connectivity index (χ1) is 7.61. The summed E-state index contributed by atoms with van der Waals surface area (Å²) in [6, 6.07) is 0.623. The fourth-order valence-electron chi connectivity index (χ4n) is 2.69. The van der Waals surface area contributed by atoms with Gasteiger partial charge in [-0.15, -0.1) is 0 Å². The van der Waals surface area contributed by atoms with E-state index < -0.39 is 9.84 Å². The highest BCUT2D eigenvalue weighted by Crippen LogP contribution is 2.18. The predicted octanol–water partition coefficient (Wildman–Crippen LogP) is 0.201. The van der Waals surface area contributed by atoms with E-state index in [1.54, 1.807) is 0 Å². The van der Waals surface area contributed by atoms with Crippen LogP contribution < -0.4 is 0 Å². The lowest BCUT2D eigenvalue weighted by atomic mass is 10.0. The molecule has 2 rings (SSSR count). The molecule has 0 unspecified atom stereocenters. The topological polar surface area (TPSA) is 40.6 Å². The highest BCUT2D eigenvalue weighted by molar-refractivity contribution is 7.91. The third kappa shape index (κ3) is 2.96. The second kappa shape index (κ2) is 5.02. The van der Waals surface area contributed by atoms with Gasteiger partial charge in [-0.05, 0) is 32.5 Å². The summed E-state index contributed by atoms with van der Waals surface area (Å²) in [5, 5.41) is 0. The van der Waals surface area contributed by atoms with Crippen molar-refractivity contribution in [3.05, 3.63) is 0 Å². The minimum absolute atomic E-state index is 0.362. The van der Waals surface area contributed by atoms with Crippen LogP contribution in [0.15, 0.2) is 0 Å². The first-order valence-corrected chi connectivity index (χ1v) is 8.09. The fraction of sp³-hybridized carbons (Fsp3) is 1.00. The molecule has 0 bridgehead atoms. The molecule has 0 N–H and O–H groups in total. The van der Waals surface area contributed by atoms with Crippen molar-refractivity contribution in [2.24, 2.45) is 0 Å². The van der Waals surface area contributed by atoms with Crippen molar-refractivity contribution in [1.29, 1.82) is 0 Å². The zero-order chi connectivity index (χ0) is 11.6. The molecule has 2 saturated heterocycles. The zero-order valence-corrected chi connectivity index (χ0v) is 10.9. The third-order valence-corrected chi connectivity index (χ3v) is 5.51. The Morgan fingerprint density at radius 1 is 1.06 bits per heavy atom. The average Bonchev–Trinajstić information content (AvgIpc) is 2.29. The Kier molecular flexibility index (Phi) is 3.87. The molecule has 0 spiro atoms. The van der Waals surface area contributed by atoms with Crippen LogP contribution in [0.2, 0.25) is 0 Å². The fourth-order valence-corrected chi connectivity index (χ4v) is 3.92. The number of hydrogen-bond donors (Lipinski definition) is 0. The highest BCUT2D eigenvalue weighted by Gasteiger charge is 2.29. The van der Waals surface area contributed by atoms with Crippen molar-refractivity contribution < 1.29 is 8.42 Å². The quantitative estimate of drug-likeness (QED) is 0.698. The standard InChI is InChI=1S/C11H22N2O2S/c1-2-12-5-3-11(4-6-12)13-7-9-16(14,15)10-8-13/h11H,2-10H2,1H3. The second-order valence-corrected chi connectivity index (χ2v) is 7.16. The number of nitrogens with zero attached hydrogens (tertiary/aromatic N) is 2. The molecule has 0 saturated carbocycles. The molecule has 0 aromatic heterocycles. The Morgan fingerprint density at radius 3 is 2.12 bits per heavy atom. The summed E-state index contributed by atoms with van der Waals surface area (Å²) in [6.45, 7) is 7.18. The molecule has 0 aromatic carbocycles. The molecule has 2 aliphatic rings. The largest absolute Gasteiger partial charge is 0.303 e. The molecule has 2 fully saturated rings. The van der Waals surface area contributed by atoms with Gasteiger partial charge in [0.25, 0.3) is 0 Å². The van der Waals surface area contributed by atoms with E-state index in [-0.39, 0.29) is 0 Å². The van der Waals surface area contributed by atoms with Gasteiger partial charge >= 0.3 is 0 Å². The summed E-state index contributed by atoms with van der Waals surface area (Å²) in [5.41, 5.74) is 0. The van der Waals surface area contributed by atoms with Crippen LogP contribution in [0.25, 0.3) is 0 Å². The SMILES string of the molecule is CCN1CCC(N2CCS(=O)(=O)CC2)CC1. The first-order valence-electron chi connectivity index (χ1n) is 6.27. The van der Waals surface area contributed by atoms with Crippen LogP contribution in [0.1, 0.15) is 19.8 Å². The van der Waals surface area contributed by atoms with Gasteiger partial charge in [0.1, 0.15) is 0 Å². The summed E-state index contributed by atoms with van der Waals surface area (Å²) in [4.78, 5) is 4.85. The summed E-state index contributed by atoms with van der Waals surface area (Å²) >= 11 is 0. The molecule has 2 aliphatic heterocycles. The van der Waals surface area contributed by atoms with Gasteiger partial charge in [-0.1, -0.05) is 6.92 Å². The van der Waals surface area contributed by atoms with Gasteiger partial charge < -0.3 is 4.90 Å². The van der Waals surface area contributed by atoms with Gasteiger partial charge in [0.2, 0.25) is 0 Å². The van der Waals surface area contributed by atoms with E-state index in [4.69, 9.17) is 0 Å². The van der Waals surface area contributed by atoms with Crippen LogP contribution >= 0.6 is 0 Å². The normalized spacial score (nSPS) is 29.3. The van der Waals surface area contributed by atoms with Crippen molar-refractivity contribution in [3.8, 4) is 0 Å². The second-order valence-electron chi connectivity index (χ2n) is 4.85. The van der Waals surface area contributed by atoms with Crippen molar-refractivity contribution in [2.45, 2.75) is 25.8 Å². The van der Waals surface area contributed by atoms with Crippen molar-refractivity contribution in [3.63, 3.8) is 0 Å². The van der Waals surface area contributed by atoms with Crippen LogP contribution in [-0.2, 0) is 9.84 Å². The molecule has 5 heteroatoms. The van der Waals surface area contributed by atoms with Crippen LogP contribution in [-0.4, -0.2) is 68.5 Å². The molecular weight excluding hydrogens is 224 g/mol. The monoisotopic (exact) mass is 246 g/mol. The summed E-state index contributed by atoms with van der Waals surface area (Å²) in [6.07, 6.45) is 2.40. The number of likely N-dealkylation sites (tertiary alicyclic amines) is 1. The lowest BCUT2D eigenvalue weighted by Crippen LogP contribution is -2.50. The number of piperidine rings is 1. The van der Waals surface area contributed by atoms with E-state index in [0.29, 0.717) is 17.5 Å². The van der Waals surface area contributed by atoms with Gasteiger partial charge in [-0.25, -0.2) is 8.42 Å². The summed E-state index contributed by atoms with van der Waals surface area (Å²) in [5.74, 6) is 0.724. The number of sulfone groups is 1. The Labute approximate surface area is 98.5 Å². The predicted molar refractivity (Wildman–Crippen MR) is 65.4 cm³/mol. The van der Waals surface area contributed by atoms with E-state index in [2.05, 4.69) is 16.7 Å². The highest BCUT2D eigenvalue weighted by atomic mass is 32.2. The third-order valence-electron chi connectivity index (χ3n) is 3.90. The number of hydrogen-bond acceptors (Lipinski definition) is 4. The maximum absolute atomic E-state index is 11.3. The van der Waals surface area contributed by atoms with Gasteiger partial charge in [-0.2, -0.15) is 0 Å². The maximum Gasteiger partial charge on any atom is 0.152 e. The Bertz CT molecular complexity index is 307. The van der Waals surface area contributed by atoms with Gasteiger partial charge in [0.05, 0.1) is 11.5 Å². The van der Waals surface area contributed by atoms with Crippen LogP contribution in [0.3, 0.4) is 0 Å². The van der Waals surface area contributed by atoms with Crippen LogP contribution in [0.4, 0.5) is 0 Å². The summed E-state index contributed by atoms with van der Waals surface area (Å²) < 4.78 is 22.7. The lowest BCUT2D eigenvalue weighted by molar-refractivity contribution is 0.118. The molecule has 0 atom stereocenters. The van der Waals surface area contributed by atoms with Crippen molar-refractivity contribution in [2.75, 3.05) is 44.2 Å². The zero-order valence-electron chi connectivity index (χ0n) is 10.1. The molecule has 94 valence electrons. The number of rotatable bonds is 2.